The van der Waals surface area contributed by atoms with E-state index in [4.69, 9.17) is 0 Å². The summed E-state index contributed by atoms with van der Waals surface area (Å²) in [6.07, 6.45) is 2.13. The Morgan fingerprint density at radius 3 is 2.72 bits per heavy atom. The molecule has 1 aliphatic rings. The molecule has 1 aromatic heterocycles. The first kappa shape index (κ1) is 13.3. The van der Waals surface area contributed by atoms with Crippen molar-refractivity contribution >= 4 is 18.5 Å². The Hall–Kier alpha value is -1.17. The number of aromatic nitrogens is 1. The van der Waals surface area contributed by atoms with Crippen LogP contribution in [0.2, 0.25) is 0 Å². The van der Waals surface area contributed by atoms with Gasteiger partial charge in [-0.3, -0.25) is 9.78 Å². The predicted molar refractivity (Wildman–Crippen MR) is 67.0 cm³/mol. The molecule has 0 aromatic carbocycles. The summed E-state index contributed by atoms with van der Waals surface area (Å²) in [5.74, 6) is -2.66. The number of alkyl halides is 2. The highest BCUT2D eigenvalue weighted by Crippen LogP contribution is 2.53. The number of carbonyl (C=O) groups excluding carboxylic acids is 1. The molecule has 1 fully saturated rings. The highest BCUT2D eigenvalue weighted by molar-refractivity contribution is 7.80. The second kappa shape index (κ2) is 4.84. The molecule has 0 radical (unpaired) electrons. The van der Waals surface area contributed by atoms with E-state index in [1.54, 1.807) is 18.3 Å². The maximum atomic E-state index is 13.2. The lowest BCUT2D eigenvalue weighted by molar-refractivity contribution is -0.158. The van der Waals surface area contributed by atoms with E-state index in [9.17, 15) is 13.6 Å². The fourth-order valence-electron chi connectivity index (χ4n) is 2.31. The Bertz CT molecular complexity index is 431. The standard InChI is InChI=1S/C12H14F2N2OS/c13-12(14)7-11(8-12,10(17)16-4-5-18)9-2-1-3-15-6-9/h1-3,6,18H,4-5,7-8H2,(H,16,17). The molecule has 0 unspecified atom stereocenters. The summed E-state index contributed by atoms with van der Waals surface area (Å²) in [6, 6.07) is 3.32. The van der Waals surface area contributed by atoms with Crippen LogP contribution in [0.25, 0.3) is 0 Å². The maximum absolute atomic E-state index is 13.2. The Morgan fingerprint density at radius 2 is 2.22 bits per heavy atom. The van der Waals surface area contributed by atoms with E-state index in [0.717, 1.165) is 0 Å². The number of nitrogens with one attached hydrogen (secondary N) is 1. The third-order valence-corrected chi connectivity index (χ3v) is 3.39. The van der Waals surface area contributed by atoms with Crippen LogP contribution in [0.1, 0.15) is 18.4 Å². The zero-order valence-electron chi connectivity index (χ0n) is 9.70. The summed E-state index contributed by atoms with van der Waals surface area (Å²) >= 11 is 3.98. The van der Waals surface area contributed by atoms with Crippen LogP contribution in [0.5, 0.6) is 0 Å². The van der Waals surface area contributed by atoms with Gasteiger partial charge in [0, 0.05) is 37.5 Å². The van der Waals surface area contributed by atoms with Crippen LogP contribution >= 0.6 is 12.6 Å². The number of thiol groups is 1. The molecule has 1 aromatic rings. The van der Waals surface area contributed by atoms with Gasteiger partial charge < -0.3 is 5.32 Å². The maximum Gasteiger partial charge on any atom is 0.250 e. The SMILES string of the molecule is O=C(NCCS)C1(c2cccnc2)CC(F)(F)C1. The number of hydrogen-bond donors (Lipinski definition) is 2. The lowest BCUT2D eigenvalue weighted by atomic mass is 9.61. The van der Waals surface area contributed by atoms with E-state index in [1.165, 1.54) is 6.20 Å². The van der Waals surface area contributed by atoms with Crippen LogP contribution in [0, 0.1) is 0 Å². The van der Waals surface area contributed by atoms with E-state index < -0.39 is 24.2 Å². The van der Waals surface area contributed by atoms with Crippen molar-refractivity contribution in [1.29, 1.82) is 0 Å². The minimum atomic E-state index is -2.77. The van der Waals surface area contributed by atoms with Gasteiger partial charge in [-0.1, -0.05) is 6.07 Å². The van der Waals surface area contributed by atoms with Crippen LogP contribution in [0.4, 0.5) is 8.78 Å². The highest BCUT2D eigenvalue weighted by Gasteiger charge is 2.61. The smallest absolute Gasteiger partial charge is 0.250 e. The lowest BCUT2D eigenvalue weighted by Gasteiger charge is -2.46. The quantitative estimate of drug-likeness (QED) is 0.821. The number of hydrogen-bond acceptors (Lipinski definition) is 3. The van der Waals surface area contributed by atoms with Crippen molar-refractivity contribution in [1.82, 2.24) is 10.3 Å². The molecule has 0 aliphatic heterocycles. The van der Waals surface area contributed by atoms with Gasteiger partial charge in [-0.2, -0.15) is 12.6 Å². The number of amides is 1. The molecule has 18 heavy (non-hydrogen) atoms. The molecule has 1 N–H and O–H groups in total. The van der Waals surface area contributed by atoms with E-state index in [1.807, 2.05) is 0 Å². The average molecular weight is 272 g/mol. The monoisotopic (exact) mass is 272 g/mol. The van der Waals surface area contributed by atoms with Crippen LogP contribution < -0.4 is 5.32 Å². The summed E-state index contributed by atoms with van der Waals surface area (Å²) in [7, 11) is 0. The molecule has 6 heteroatoms. The van der Waals surface area contributed by atoms with E-state index >= 15 is 0 Å². The molecule has 3 nitrogen and oxygen atoms in total. The fourth-order valence-corrected chi connectivity index (χ4v) is 2.42. The minimum Gasteiger partial charge on any atom is -0.355 e. The summed E-state index contributed by atoms with van der Waals surface area (Å²) in [5, 5.41) is 2.63. The normalized spacial score (nSPS) is 19.9. The van der Waals surface area contributed by atoms with E-state index in [0.29, 0.717) is 17.9 Å². The molecule has 0 bridgehead atoms. The third-order valence-electron chi connectivity index (χ3n) is 3.17. The van der Waals surface area contributed by atoms with Gasteiger partial charge in [0.25, 0.3) is 5.92 Å². The first-order valence-corrected chi connectivity index (χ1v) is 6.31. The fraction of sp³-hybridized carbons (Fsp3) is 0.500. The highest BCUT2D eigenvalue weighted by atomic mass is 32.1. The van der Waals surface area contributed by atoms with Crippen LogP contribution in [0.15, 0.2) is 24.5 Å². The molecule has 1 saturated carbocycles. The summed E-state index contributed by atoms with van der Waals surface area (Å²) in [4.78, 5) is 16.0. The number of halogens is 2. The van der Waals surface area contributed by atoms with Crippen molar-refractivity contribution in [3.8, 4) is 0 Å². The number of carbonyl (C=O) groups is 1. The molecule has 0 atom stereocenters. The number of pyridine rings is 1. The van der Waals surface area contributed by atoms with Gasteiger partial charge in [0.05, 0.1) is 5.41 Å². The molecular formula is C12H14F2N2OS. The number of rotatable bonds is 4. The van der Waals surface area contributed by atoms with Crippen LogP contribution in [0.3, 0.4) is 0 Å². The molecule has 1 amide bonds. The van der Waals surface area contributed by atoms with Gasteiger partial charge in [0.15, 0.2) is 0 Å². The summed E-state index contributed by atoms with van der Waals surface area (Å²) in [6.45, 7) is 0.371. The molecule has 0 saturated heterocycles. The topological polar surface area (TPSA) is 42.0 Å². The van der Waals surface area contributed by atoms with Gasteiger partial charge >= 0.3 is 0 Å². The Kier molecular flexibility index (Phi) is 3.56. The largest absolute Gasteiger partial charge is 0.355 e. The summed E-state index contributed by atoms with van der Waals surface area (Å²) < 4.78 is 26.4. The predicted octanol–water partition coefficient (Wildman–Crippen LogP) is 1.79. The van der Waals surface area contributed by atoms with Gasteiger partial charge in [-0.25, -0.2) is 8.78 Å². The Morgan fingerprint density at radius 1 is 1.50 bits per heavy atom. The second-order valence-electron chi connectivity index (χ2n) is 4.51. The lowest BCUT2D eigenvalue weighted by Crippen LogP contribution is -2.58. The van der Waals surface area contributed by atoms with Gasteiger partial charge in [0.1, 0.15) is 0 Å². The third kappa shape index (κ3) is 2.34. The molecule has 2 rings (SSSR count). The van der Waals surface area contributed by atoms with Crippen molar-refractivity contribution in [2.24, 2.45) is 0 Å². The van der Waals surface area contributed by atoms with E-state index in [2.05, 4.69) is 22.9 Å². The van der Waals surface area contributed by atoms with Gasteiger partial charge in [0.2, 0.25) is 5.91 Å². The zero-order chi connectivity index (χ0) is 13.2. The van der Waals surface area contributed by atoms with Crippen molar-refractivity contribution in [2.75, 3.05) is 12.3 Å². The first-order chi connectivity index (χ1) is 8.50. The Labute approximate surface area is 109 Å². The second-order valence-corrected chi connectivity index (χ2v) is 4.96. The molecule has 1 aliphatic carbocycles. The van der Waals surface area contributed by atoms with E-state index in [-0.39, 0.29) is 5.91 Å². The molecule has 98 valence electrons. The van der Waals surface area contributed by atoms with Crippen molar-refractivity contribution in [3.63, 3.8) is 0 Å². The summed E-state index contributed by atoms with van der Waals surface area (Å²) in [5.41, 5.74) is -0.589. The molecule has 0 spiro atoms. The van der Waals surface area contributed by atoms with Crippen LogP contribution in [-0.2, 0) is 10.2 Å². The first-order valence-electron chi connectivity index (χ1n) is 5.68. The van der Waals surface area contributed by atoms with Crippen molar-refractivity contribution in [3.05, 3.63) is 30.1 Å². The molecule has 1 heterocycles. The Balaban J connectivity index is 2.24. The molecular weight excluding hydrogens is 258 g/mol. The minimum absolute atomic E-state index is 0.365. The van der Waals surface area contributed by atoms with Crippen LogP contribution in [-0.4, -0.2) is 29.1 Å². The average Bonchev–Trinajstić information content (AvgIpc) is 2.33. The van der Waals surface area contributed by atoms with Gasteiger partial charge in [-0.05, 0) is 11.6 Å². The van der Waals surface area contributed by atoms with Crippen molar-refractivity contribution in [2.45, 2.75) is 24.2 Å². The van der Waals surface area contributed by atoms with Gasteiger partial charge in [-0.15, -0.1) is 0 Å². The van der Waals surface area contributed by atoms with Crippen molar-refractivity contribution < 1.29 is 13.6 Å². The zero-order valence-corrected chi connectivity index (χ0v) is 10.6. The number of nitrogens with zero attached hydrogens (tertiary/aromatic N) is 1.